The highest BCUT2D eigenvalue weighted by Crippen LogP contribution is 2.46. The molecular formula is C35H41FO3. The maximum Gasteiger partial charge on any atom is 0.170 e. The molecule has 1 fully saturated rings. The molecule has 1 aromatic heterocycles. The molecule has 4 unspecified atom stereocenters. The summed E-state index contributed by atoms with van der Waals surface area (Å²) in [5.41, 5.74) is 3.13. The van der Waals surface area contributed by atoms with Crippen molar-refractivity contribution in [2.75, 3.05) is 0 Å². The van der Waals surface area contributed by atoms with Gasteiger partial charge in [0.15, 0.2) is 11.5 Å². The maximum atomic E-state index is 16.3. The molecule has 4 aliphatic rings. The fourth-order valence-electron chi connectivity index (χ4n) is 6.53. The molecule has 0 spiro atoms. The molecule has 3 nitrogen and oxygen atoms in total. The average molecular weight is 529 g/mol. The summed E-state index contributed by atoms with van der Waals surface area (Å²) in [5.74, 6) is -0.195. The zero-order valence-electron chi connectivity index (χ0n) is 23.4. The van der Waals surface area contributed by atoms with Gasteiger partial charge in [-0.2, -0.15) is 0 Å². The molecule has 1 heterocycles. The number of rotatable bonds is 8. The van der Waals surface area contributed by atoms with Gasteiger partial charge in [-0.15, -0.1) is 0 Å². The van der Waals surface area contributed by atoms with Gasteiger partial charge in [-0.05, 0) is 105 Å². The second-order valence-corrected chi connectivity index (χ2v) is 11.9. The van der Waals surface area contributed by atoms with Crippen molar-refractivity contribution in [2.24, 2.45) is 23.7 Å². The number of halogens is 1. The lowest BCUT2D eigenvalue weighted by Crippen LogP contribution is -2.40. The third kappa shape index (κ3) is 5.81. The molecule has 39 heavy (non-hydrogen) atoms. The third-order valence-corrected chi connectivity index (χ3v) is 9.18. The summed E-state index contributed by atoms with van der Waals surface area (Å²) in [6.45, 7) is 7.58. The van der Waals surface area contributed by atoms with Crippen molar-refractivity contribution in [3.8, 4) is 0 Å². The van der Waals surface area contributed by atoms with Gasteiger partial charge < -0.3 is 4.42 Å². The molecule has 1 saturated carbocycles. The Labute approximate surface area is 232 Å². The summed E-state index contributed by atoms with van der Waals surface area (Å²) in [6, 6.07) is 1.84. The molecule has 4 heteroatoms. The SMILES string of the molecule is C=CC(F)(CC)C1=CC(c2ccoc2)=CCC2=C1CC(C)C(C(=O)C1CCC=C(C=CC3CC3)CCC1)C2=O. The molecule has 0 radical (unpaired) electrons. The smallest absolute Gasteiger partial charge is 0.170 e. The lowest BCUT2D eigenvalue weighted by Gasteiger charge is -2.36. The summed E-state index contributed by atoms with van der Waals surface area (Å²) in [6.07, 6.45) is 23.5. The van der Waals surface area contributed by atoms with Gasteiger partial charge in [-0.1, -0.05) is 56.4 Å². The summed E-state index contributed by atoms with van der Waals surface area (Å²) in [4.78, 5) is 28.0. The quantitative estimate of drug-likeness (QED) is 0.250. The molecule has 0 bridgehead atoms. The van der Waals surface area contributed by atoms with Crippen LogP contribution in [-0.2, 0) is 9.59 Å². The Morgan fingerprint density at radius 1 is 1.21 bits per heavy atom. The minimum atomic E-state index is -1.76. The Morgan fingerprint density at radius 3 is 2.72 bits per heavy atom. The molecule has 0 aliphatic heterocycles. The van der Waals surface area contributed by atoms with E-state index in [2.05, 4.69) is 24.8 Å². The predicted molar refractivity (Wildman–Crippen MR) is 155 cm³/mol. The number of Topliss-reactive ketones (excluding diaryl/α,β-unsaturated/α-hetero) is 2. The first-order valence-electron chi connectivity index (χ1n) is 14.8. The number of carbonyl (C=O) groups is 2. The van der Waals surface area contributed by atoms with Crippen molar-refractivity contribution in [3.63, 3.8) is 0 Å². The van der Waals surface area contributed by atoms with Crippen LogP contribution < -0.4 is 0 Å². The van der Waals surface area contributed by atoms with E-state index in [1.807, 2.05) is 25.1 Å². The number of hydrogen-bond acceptors (Lipinski definition) is 3. The lowest BCUT2D eigenvalue weighted by atomic mass is 9.67. The largest absolute Gasteiger partial charge is 0.472 e. The van der Waals surface area contributed by atoms with Crippen molar-refractivity contribution in [2.45, 2.75) is 83.7 Å². The van der Waals surface area contributed by atoms with Crippen molar-refractivity contribution in [3.05, 3.63) is 89.5 Å². The molecule has 0 saturated heterocycles. The average Bonchev–Trinajstić information content (AvgIpc) is 3.63. The predicted octanol–water partition coefficient (Wildman–Crippen LogP) is 8.86. The van der Waals surface area contributed by atoms with Crippen LogP contribution in [0.25, 0.3) is 5.57 Å². The number of allylic oxidation sites excluding steroid dienone is 11. The van der Waals surface area contributed by atoms with Crippen LogP contribution in [0.5, 0.6) is 0 Å². The number of carbonyl (C=O) groups excluding carboxylic acids is 2. The van der Waals surface area contributed by atoms with Crippen LogP contribution in [0, 0.1) is 23.7 Å². The monoisotopic (exact) mass is 528 g/mol. The second-order valence-electron chi connectivity index (χ2n) is 11.9. The van der Waals surface area contributed by atoms with Gasteiger partial charge in [0.1, 0.15) is 5.78 Å². The van der Waals surface area contributed by atoms with Gasteiger partial charge in [-0.25, -0.2) is 4.39 Å². The van der Waals surface area contributed by atoms with E-state index in [-0.39, 0.29) is 29.8 Å². The molecule has 0 amide bonds. The normalized spacial score (nSPS) is 27.9. The molecule has 0 N–H and O–H groups in total. The first kappa shape index (κ1) is 27.6. The summed E-state index contributed by atoms with van der Waals surface area (Å²) in [5, 5.41) is 0. The van der Waals surface area contributed by atoms with Gasteiger partial charge in [0.2, 0.25) is 0 Å². The summed E-state index contributed by atoms with van der Waals surface area (Å²) >= 11 is 0. The van der Waals surface area contributed by atoms with E-state index in [1.54, 1.807) is 19.5 Å². The van der Waals surface area contributed by atoms with Crippen molar-refractivity contribution in [1.82, 2.24) is 0 Å². The zero-order chi connectivity index (χ0) is 27.6. The Kier molecular flexibility index (Phi) is 8.21. The number of hydrogen-bond donors (Lipinski definition) is 0. The van der Waals surface area contributed by atoms with Gasteiger partial charge >= 0.3 is 0 Å². The van der Waals surface area contributed by atoms with Crippen LogP contribution in [0.1, 0.15) is 83.6 Å². The van der Waals surface area contributed by atoms with Crippen LogP contribution in [0.3, 0.4) is 0 Å². The fourth-order valence-corrected chi connectivity index (χ4v) is 6.53. The maximum absolute atomic E-state index is 16.3. The van der Waals surface area contributed by atoms with Crippen LogP contribution in [0.15, 0.2) is 88.3 Å². The molecular weight excluding hydrogens is 487 g/mol. The topological polar surface area (TPSA) is 47.3 Å². The highest BCUT2D eigenvalue weighted by atomic mass is 19.1. The fraction of sp³-hybridized carbons (Fsp3) is 0.486. The first-order valence-corrected chi connectivity index (χ1v) is 14.8. The van der Waals surface area contributed by atoms with E-state index in [0.717, 1.165) is 54.7 Å². The van der Waals surface area contributed by atoms with Crippen LogP contribution in [-0.4, -0.2) is 17.2 Å². The molecule has 4 atom stereocenters. The van der Waals surface area contributed by atoms with E-state index < -0.39 is 11.6 Å². The molecule has 5 rings (SSSR count). The second kappa shape index (κ2) is 11.6. The number of alkyl halides is 1. The third-order valence-electron chi connectivity index (χ3n) is 9.18. The minimum Gasteiger partial charge on any atom is -0.472 e. The van der Waals surface area contributed by atoms with Crippen molar-refractivity contribution in [1.29, 1.82) is 0 Å². The van der Waals surface area contributed by atoms with Gasteiger partial charge in [0, 0.05) is 17.1 Å². The molecule has 206 valence electrons. The van der Waals surface area contributed by atoms with E-state index in [9.17, 15) is 9.59 Å². The molecule has 0 aromatic carbocycles. The van der Waals surface area contributed by atoms with Gasteiger partial charge in [0.25, 0.3) is 0 Å². The number of furan rings is 1. The van der Waals surface area contributed by atoms with Crippen LogP contribution in [0.2, 0.25) is 0 Å². The van der Waals surface area contributed by atoms with E-state index in [4.69, 9.17) is 4.42 Å². The van der Waals surface area contributed by atoms with Crippen molar-refractivity contribution < 1.29 is 18.4 Å². The lowest BCUT2D eigenvalue weighted by molar-refractivity contribution is -0.136. The summed E-state index contributed by atoms with van der Waals surface area (Å²) in [7, 11) is 0. The van der Waals surface area contributed by atoms with Gasteiger partial charge in [0.05, 0.1) is 18.4 Å². The van der Waals surface area contributed by atoms with Crippen LogP contribution >= 0.6 is 0 Å². The molecule has 4 aliphatic carbocycles. The first-order chi connectivity index (χ1) is 18.8. The van der Waals surface area contributed by atoms with E-state index in [0.29, 0.717) is 24.0 Å². The highest BCUT2D eigenvalue weighted by Gasteiger charge is 2.45. The Hall–Kier alpha value is -3.01. The Morgan fingerprint density at radius 2 is 2.03 bits per heavy atom. The summed E-state index contributed by atoms with van der Waals surface area (Å²) < 4.78 is 21.6. The highest BCUT2D eigenvalue weighted by molar-refractivity contribution is 6.13. The van der Waals surface area contributed by atoms with Gasteiger partial charge in [-0.3, -0.25) is 9.59 Å². The Bertz CT molecular complexity index is 1270. The minimum absolute atomic E-state index is 0.0870. The zero-order valence-corrected chi connectivity index (χ0v) is 23.4. The van der Waals surface area contributed by atoms with E-state index >= 15 is 4.39 Å². The standard InChI is InChI=1S/C35H41FO3/c1-4-35(36,5-2)31-21-27(28-18-19-39-22-28)16-17-29-30(31)20-23(3)32(34(29)38)33(37)26-10-6-8-24(9-7-11-26)12-13-25-14-15-25/h4,8,12-13,16,18-19,21-23,25-26,32H,1,5-7,9-11,14-15,17,20H2,2-3H3. The van der Waals surface area contributed by atoms with E-state index in [1.165, 1.54) is 24.5 Å². The Balaban J connectivity index is 1.41. The molecule has 1 aromatic rings. The van der Waals surface area contributed by atoms with Crippen molar-refractivity contribution >= 4 is 17.1 Å². The number of ketones is 2. The van der Waals surface area contributed by atoms with Crippen LogP contribution in [0.4, 0.5) is 4.39 Å².